The molecule has 1 amide bonds. The third-order valence-electron chi connectivity index (χ3n) is 4.65. The highest BCUT2D eigenvalue weighted by Gasteiger charge is 2.29. The van der Waals surface area contributed by atoms with Crippen molar-refractivity contribution in [2.75, 3.05) is 11.9 Å². The minimum atomic E-state index is -1.00. The number of carbonyl (C=O) groups excluding carboxylic acids is 1. The van der Waals surface area contributed by atoms with Crippen LogP contribution in [-0.2, 0) is 10.8 Å². The molecule has 0 atom stereocenters. The number of anilines is 1. The van der Waals surface area contributed by atoms with Crippen molar-refractivity contribution in [1.29, 1.82) is 0 Å². The van der Waals surface area contributed by atoms with Crippen LogP contribution in [0.4, 0.5) is 5.69 Å². The quantitative estimate of drug-likeness (QED) is 0.685. The molecule has 5 nitrogen and oxygen atoms in total. The molecule has 0 aliphatic carbocycles. The number of carboxylic acids is 1. The number of amides is 1. The first-order valence-corrected chi connectivity index (χ1v) is 9.81. The Bertz CT molecular complexity index is 865. The van der Waals surface area contributed by atoms with Gasteiger partial charge in [-0.1, -0.05) is 41.5 Å². The maximum atomic E-state index is 13.0. The molecule has 2 rings (SSSR count). The van der Waals surface area contributed by atoms with Gasteiger partial charge < -0.3 is 15.2 Å². The Hall–Kier alpha value is -2.82. The average molecular weight is 398 g/mol. The zero-order chi connectivity index (χ0) is 22.0. The smallest absolute Gasteiger partial charge is 0.335 e. The highest BCUT2D eigenvalue weighted by atomic mass is 16.5. The molecule has 0 aromatic heterocycles. The lowest BCUT2D eigenvalue weighted by atomic mass is 9.78. The van der Waals surface area contributed by atoms with Gasteiger partial charge in [0.25, 0.3) is 5.91 Å². The van der Waals surface area contributed by atoms with Crippen molar-refractivity contribution < 1.29 is 19.4 Å². The van der Waals surface area contributed by atoms with E-state index in [0.29, 0.717) is 17.9 Å². The van der Waals surface area contributed by atoms with Crippen molar-refractivity contribution in [3.05, 3.63) is 58.7 Å². The molecule has 29 heavy (non-hydrogen) atoms. The molecule has 0 unspecified atom stereocenters. The Morgan fingerprint density at radius 3 is 1.76 bits per heavy atom. The van der Waals surface area contributed by atoms with Crippen LogP contribution in [0.3, 0.4) is 0 Å². The highest BCUT2D eigenvalue weighted by molar-refractivity contribution is 6.05. The number of hydrogen-bond donors (Lipinski definition) is 2. The van der Waals surface area contributed by atoms with Gasteiger partial charge in [0, 0.05) is 22.4 Å². The van der Waals surface area contributed by atoms with Crippen molar-refractivity contribution in [2.45, 2.75) is 59.3 Å². The van der Waals surface area contributed by atoms with Gasteiger partial charge in [0.15, 0.2) is 0 Å². The first-order chi connectivity index (χ1) is 13.3. The topological polar surface area (TPSA) is 75.6 Å². The molecule has 2 aromatic carbocycles. The lowest BCUT2D eigenvalue weighted by Crippen LogP contribution is -2.22. The number of rotatable bonds is 5. The average Bonchev–Trinajstić information content (AvgIpc) is 2.60. The normalized spacial score (nSPS) is 11.8. The molecule has 0 heterocycles. The van der Waals surface area contributed by atoms with E-state index < -0.39 is 5.97 Å². The van der Waals surface area contributed by atoms with Crippen LogP contribution >= 0.6 is 0 Å². The summed E-state index contributed by atoms with van der Waals surface area (Å²) >= 11 is 0. The van der Waals surface area contributed by atoms with Gasteiger partial charge in [-0.05, 0) is 54.2 Å². The van der Waals surface area contributed by atoms with Crippen molar-refractivity contribution in [3.8, 4) is 5.75 Å². The number of ether oxygens (including phenoxy) is 1. The van der Waals surface area contributed by atoms with E-state index in [9.17, 15) is 9.59 Å². The molecule has 5 heteroatoms. The van der Waals surface area contributed by atoms with Crippen molar-refractivity contribution >= 4 is 17.6 Å². The standard InChI is InChI=1S/C24H31NO4/c1-8-29-20-18(23(2,3)4)13-16(14-19(20)24(5,6)7)21(26)25-17-11-9-15(10-12-17)22(27)28/h9-14H,8H2,1-7H3,(H,25,26)(H,27,28). The number of carboxylic acid groups (broad SMARTS) is 1. The Morgan fingerprint density at radius 2 is 1.38 bits per heavy atom. The van der Waals surface area contributed by atoms with Gasteiger partial charge in [0.05, 0.1) is 12.2 Å². The van der Waals surface area contributed by atoms with Crippen LogP contribution < -0.4 is 10.1 Å². The fourth-order valence-electron chi connectivity index (χ4n) is 3.07. The minimum absolute atomic E-state index is 0.175. The second-order valence-corrected chi connectivity index (χ2v) is 9.17. The first-order valence-electron chi connectivity index (χ1n) is 9.81. The molecular weight excluding hydrogens is 366 g/mol. The largest absolute Gasteiger partial charge is 0.493 e. The molecule has 0 saturated carbocycles. The summed E-state index contributed by atoms with van der Waals surface area (Å²) in [5, 5.41) is 11.9. The molecule has 156 valence electrons. The Kier molecular flexibility index (Phi) is 6.41. The minimum Gasteiger partial charge on any atom is -0.493 e. The van der Waals surface area contributed by atoms with Crippen molar-refractivity contribution in [3.63, 3.8) is 0 Å². The van der Waals surface area contributed by atoms with E-state index in [0.717, 1.165) is 16.9 Å². The maximum absolute atomic E-state index is 13.0. The Morgan fingerprint density at radius 1 is 0.897 bits per heavy atom. The summed E-state index contributed by atoms with van der Waals surface area (Å²) in [7, 11) is 0. The summed E-state index contributed by atoms with van der Waals surface area (Å²) in [4.78, 5) is 24.0. The number of hydrogen-bond acceptors (Lipinski definition) is 3. The molecule has 0 aliphatic rings. The van der Waals surface area contributed by atoms with Gasteiger partial charge in [0.1, 0.15) is 5.75 Å². The number of nitrogens with one attached hydrogen (secondary N) is 1. The van der Waals surface area contributed by atoms with E-state index in [2.05, 4.69) is 46.9 Å². The predicted octanol–water partition coefficient (Wildman–Crippen LogP) is 5.63. The van der Waals surface area contributed by atoms with Crippen LogP contribution in [0.15, 0.2) is 36.4 Å². The zero-order valence-electron chi connectivity index (χ0n) is 18.3. The van der Waals surface area contributed by atoms with Crippen LogP contribution in [-0.4, -0.2) is 23.6 Å². The van der Waals surface area contributed by atoms with Gasteiger partial charge in [-0.3, -0.25) is 4.79 Å². The SMILES string of the molecule is CCOc1c(C(C)(C)C)cc(C(=O)Nc2ccc(C(=O)O)cc2)cc1C(C)(C)C. The van der Waals surface area contributed by atoms with Crippen LogP contribution in [0, 0.1) is 0 Å². The summed E-state index contributed by atoms with van der Waals surface area (Å²) < 4.78 is 6.02. The predicted molar refractivity (Wildman–Crippen MR) is 116 cm³/mol. The monoisotopic (exact) mass is 397 g/mol. The molecule has 0 saturated heterocycles. The van der Waals surface area contributed by atoms with Gasteiger partial charge >= 0.3 is 5.97 Å². The van der Waals surface area contributed by atoms with Crippen LogP contribution in [0.2, 0.25) is 0 Å². The van der Waals surface area contributed by atoms with E-state index in [1.54, 1.807) is 12.1 Å². The van der Waals surface area contributed by atoms with E-state index in [-0.39, 0.29) is 22.3 Å². The fourth-order valence-corrected chi connectivity index (χ4v) is 3.07. The summed E-state index contributed by atoms with van der Waals surface area (Å²) in [5.41, 5.74) is 2.83. The molecule has 0 radical (unpaired) electrons. The summed E-state index contributed by atoms with van der Waals surface area (Å²) in [6, 6.07) is 9.90. The van der Waals surface area contributed by atoms with Gasteiger partial charge in [-0.2, -0.15) is 0 Å². The third kappa shape index (κ3) is 5.37. The summed E-state index contributed by atoms with van der Waals surface area (Å²) in [6.07, 6.45) is 0. The molecule has 0 spiro atoms. The van der Waals surface area contributed by atoms with E-state index in [1.165, 1.54) is 12.1 Å². The second-order valence-electron chi connectivity index (χ2n) is 9.17. The molecule has 0 bridgehead atoms. The lowest BCUT2D eigenvalue weighted by molar-refractivity contribution is 0.0696. The molecule has 2 aromatic rings. The highest BCUT2D eigenvalue weighted by Crippen LogP contribution is 2.40. The van der Waals surface area contributed by atoms with Crippen molar-refractivity contribution in [2.24, 2.45) is 0 Å². The van der Waals surface area contributed by atoms with Gasteiger partial charge in [-0.15, -0.1) is 0 Å². The lowest BCUT2D eigenvalue weighted by Gasteiger charge is -2.30. The second kappa shape index (κ2) is 8.27. The fraction of sp³-hybridized carbons (Fsp3) is 0.417. The van der Waals surface area contributed by atoms with E-state index >= 15 is 0 Å². The molecule has 0 fully saturated rings. The Balaban J connectivity index is 2.51. The van der Waals surface area contributed by atoms with Crippen LogP contribution in [0.25, 0.3) is 0 Å². The summed E-state index contributed by atoms with van der Waals surface area (Å²) in [6.45, 7) is 15.1. The van der Waals surface area contributed by atoms with Crippen LogP contribution in [0.1, 0.15) is 80.3 Å². The molecular formula is C24H31NO4. The van der Waals surface area contributed by atoms with E-state index in [4.69, 9.17) is 9.84 Å². The van der Waals surface area contributed by atoms with E-state index in [1.807, 2.05) is 19.1 Å². The maximum Gasteiger partial charge on any atom is 0.335 e. The Labute approximate surface area is 173 Å². The zero-order valence-corrected chi connectivity index (χ0v) is 18.3. The number of carbonyl (C=O) groups is 2. The first kappa shape index (κ1) is 22.5. The molecule has 2 N–H and O–H groups in total. The third-order valence-corrected chi connectivity index (χ3v) is 4.65. The molecule has 0 aliphatic heterocycles. The summed E-state index contributed by atoms with van der Waals surface area (Å²) in [5.74, 6) is -0.402. The number of aromatic carboxylic acids is 1. The van der Waals surface area contributed by atoms with Gasteiger partial charge in [0.2, 0.25) is 0 Å². The number of benzene rings is 2. The van der Waals surface area contributed by atoms with Crippen LogP contribution in [0.5, 0.6) is 5.75 Å². The van der Waals surface area contributed by atoms with Crippen molar-refractivity contribution in [1.82, 2.24) is 0 Å². The van der Waals surface area contributed by atoms with Gasteiger partial charge in [-0.25, -0.2) is 4.79 Å².